The van der Waals surface area contributed by atoms with Gasteiger partial charge in [0.25, 0.3) is 0 Å². The van der Waals surface area contributed by atoms with Crippen molar-refractivity contribution in [3.8, 4) is 16.9 Å². The summed E-state index contributed by atoms with van der Waals surface area (Å²) in [6, 6.07) is 14.8. The smallest absolute Gasteiger partial charge is 0.485 e. The van der Waals surface area contributed by atoms with Crippen LogP contribution in [0.5, 0.6) is 5.75 Å². The Morgan fingerprint density at radius 2 is 1.57 bits per heavy atom. The maximum Gasteiger partial charge on any atom is 0.494 e. The molecule has 2 heterocycles. The van der Waals surface area contributed by atoms with E-state index in [0.29, 0.717) is 0 Å². The van der Waals surface area contributed by atoms with Gasteiger partial charge in [0.15, 0.2) is 0 Å². The molecule has 1 saturated heterocycles. The molecule has 0 N–H and O–H groups in total. The number of allylic oxidation sites excluding steroid dienone is 2. The molecule has 1 fully saturated rings. The lowest BCUT2D eigenvalue weighted by atomic mass is 9.77. The number of benzene rings is 2. The first-order valence-corrected chi connectivity index (χ1v) is 9.96. The summed E-state index contributed by atoms with van der Waals surface area (Å²) >= 11 is 0. The van der Waals surface area contributed by atoms with Gasteiger partial charge in [0.05, 0.1) is 11.2 Å². The van der Waals surface area contributed by atoms with Crippen molar-refractivity contribution in [2.24, 2.45) is 0 Å². The third-order valence-electron chi connectivity index (χ3n) is 6.47. The Hall–Kier alpha value is -2.30. The largest absolute Gasteiger partial charge is 0.494 e. The highest BCUT2D eigenvalue weighted by Gasteiger charge is 2.51. The summed E-state index contributed by atoms with van der Waals surface area (Å²) in [7, 11) is -0.358. The molecule has 4 heteroatoms. The molecule has 5 rings (SSSR count). The number of fused-ring (bicyclic) bond motifs is 3. The Balaban J connectivity index is 1.54. The standard InChI is InChI=1S/C24H25BO3/c1-23(2)24(3,4)28-25(27-23)17-10-7-9-16(15-17)18-12-8-14-21-22(18)19-11-5-6-13-20(19)26-21/h5-15,19-20H,1-4H3. The second-order valence-corrected chi connectivity index (χ2v) is 8.81. The molecule has 3 nitrogen and oxygen atoms in total. The molecule has 0 amide bonds. The summed E-state index contributed by atoms with van der Waals surface area (Å²) in [5, 5.41) is 0. The lowest BCUT2D eigenvalue weighted by Gasteiger charge is -2.32. The average Bonchev–Trinajstić information content (AvgIpc) is 3.15. The number of rotatable bonds is 2. The summed E-state index contributed by atoms with van der Waals surface area (Å²) in [6.07, 6.45) is 8.63. The Morgan fingerprint density at radius 3 is 2.36 bits per heavy atom. The van der Waals surface area contributed by atoms with Crippen molar-refractivity contribution in [1.82, 2.24) is 0 Å². The van der Waals surface area contributed by atoms with Gasteiger partial charge in [-0.1, -0.05) is 54.6 Å². The van der Waals surface area contributed by atoms with Crippen LogP contribution >= 0.6 is 0 Å². The van der Waals surface area contributed by atoms with Crippen molar-refractivity contribution in [2.45, 2.75) is 50.9 Å². The topological polar surface area (TPSA) is 27.7 Å². The van der Waals surface area contributed by atoms with Crippen molar-refractivity contribution in [3.05, 3.63) is 72.3 Å². The maximum absolute atomic E-state index is 6.25. The van der Waals surface area contributed by atoms with Crippen LogP contribution < -0.4 is 10.2 Å². The van der Waals surface area contributed by atoms with Gasteiger partial charge < -0.3 is 14.0 Å². The van der Waals surface area contributed by atoms with Crippen LogP contribution in [0.2, 0.25) is 0 Å². The first-order valence-electron chi connectivity index (χ1n) is 9.96. The van der Waals surface area contributed by atoms with Crippen molar-refractivity contribution >= 4 is 12.6 Å². The van der Waals surface area contributed by atoms with E-state index >= 15 is 0 Å². The minimum absolute atomic E-state index is 0.0902. The monoisotopic (exact) mass is 372 g/mol. The second kappa shape index (κ2) is 6.10. The van der Waals surface area contributed by atoms with Crippen molar-refractivity contribution in [1.29, 1.82) is 0 Å². The molecule has 2 aromatic rings. The van der Waals surface area contributed by atoms with Crippen molar-refractivity contribution in [3.63, 3.8) is 0 Å². The molecule has 3 aliphatic rings. The summed E-state index contributed by atoms with van der Waals surface area (Å²) in [5.74, 6) is 1.24. The normalized spacial score (nSPS) is 26.1. The molecule has 28 heavy (non-hydrogen) atoms. The highest BCUT2D eigenvalue weighted by molar-refractivity contribution is 6.62. The van der Waals surface area contributed by atoms with E-state index in [0.717, 1.165) is 16.8 Å². The van der Waals surface area contributed by atoms with Crippen LogP contribution in [0.3, 0.4) is 0 Å². The number of hydrogen-bond donors (Lipinski definition) is 0. The molecule has 0 saturated carbocycles. The molecule has 2 aromatic carbocycles. The second-order valence-electron chi connectivity index (χ2n) is 8.81. The zero-order valence-electron chi connectivity index (χ0n) is 16.8. The number of ether oxygens (including phenoxy) is 1. The van der Waals surface area contributed by atoms with Gasteiger partial charge in [-0.3, -0.25) is 0 Å². The Bertz CT molecular complexity index is 973. The van der Waals surface area contributed by atoms with Crippen molar-refractivity contribution < 1.29 is 14.0 Å². The Kier molecular flexibility index (Phi) is 3.87. The van der Waals surface area contributed by atoms with Crippen LogP contribution in [-0.2, 0) is 9.31 Å². The molecule has 2 atom stereocenters. The summed E-state index contributed by atoms with van der Waals surface area (Å²) in [5.41, 5.74) is 3.99. The molecule has 1 aliphatic carbocycles. The van der Waals surface area contributed by atoms with E-state index in [-0.39, 0.29) is 30.3 Å². The minimum Gasteiger partial charge on any atom is -0.485 e. The van der Waals surface area contributed by atoms with Crippen LogP contribution in [0.4, 0.5) is 0 Å². The van der Waals surface area contributed by atoms with Crippen LogP contribution in [0.15, 0.2) is 66.8 Å². The van der Waals surface area contributed by atoms with Gasteiger partial charge in [-0.15, -0.1) is 0 Å². The predicted molar refractivity (Wildman–Crippen MR) is 113 cm³/mol. The first-order chi connectivity index (χ1) is 13.4. The van der Waals surface area contributed by atoms with Crippen LogP contribution in [0.25, 0.3) is 11.1 Å². The molecular formula is C24H25BO3. The van der Waals surface area contributed by atoms with Gasteiger partial charge in [-0.2, -0.15) is 0 Å². The summed E-state index contributed by atoms with van der Waals surface area (Å²) < 4.78 is 18.7. The third kappa shape index (κ3) is 2.67. The van der Waals surface area contributed by atoms with E-state index in [1.165, 1.54) is 11.1 Å². The van der Waals surface area contributed by atoms with E-state index < -0.39 is 0 Å². The molecule has 0 bridgehead atoms. The predicted octanol–water partition coefficient (Wildman–Crippen LogP) is 4.62. The van der Waals surface area contributed by atoms with Gasteiger partial charge in [0, 0.05) is 11.5 Å². The molecule has 142 valence electrons. The van der Waals surface area contributed by atoms with E-state index in [1.54, 1.807) is 0 Å². The maximum atomic E-state index is 6.25. The molecule has 0 spiro atoms. The van der Waals surface area contributed by atoms with Gasteiger partial charge in [-0.25, -0.2) is 0 Å². The third-order valence-corrected chi connectivity index (χ3v) is 6.47. The fraction of sp³-hybridized carbons (Fsp3) is 0.333. The summed E-state index contributed by atoms with van der Waals surface area (Å²) in [6.45, 7) is 8.34. The molecule has 2 aliphatic heterocycles. The Labute approximate surface area is 167 Å². The molecule has 2 unspecified atom stereocenters. The highest BCUT2D eigenvalue weighted by Crippen LogP contribution is 2.46. The minimum atomic E-state index is -0.358. The van der Waals surface area contributed by atoms with Gasteiger partial charge in [-0.05, 0) is 56.4 Å². The van der Waals surface area contributed by atoms with E-state index in [9.17, 15) is 0 Å². The SMILES string of the molecule is CC1(C)OB(c2cccc(-c3cccc4c3C3C=CC=CC3O4)c2)OC1(C)C. The van der Waals surface area contributed by atoms with E-state index in [1.807, 2.05) is 0 Å². The molecule has 0 aromatic heterocycles. The zero-order chi connectivity index (χ0) is 19.5. The first kappa shape index (κ1) is 17.8. The summed E-state index contributed by atoms with van der Waals surface area (Å²) in [4.78, 5) is 0. The lowest BCUT2D eigenvalue weighted by molar-refractivity contribution is 0.00578. The highest BCUT2D eigenvalue weighted by atomic mass is 16.7. The number of hydrogen-bond acceptors (Lipinski definition) is 3. The van der Waals surface area contributed by atoms with E-state index in [2.05, 4.69) is 94.5 Å². The fourth-order valence-electron chi connectivity index (χ4n) is 4.18. The van der Waals surface area contributed by atoms with E-state index in [4.69, 9.17) is 14.0 Å². The average molecular weight is 372 g/mol. The molecular weight excluding hydrogens is 347 g/mol. The zero-order valence-corrected chi connectivity index (χ0v) is 16.8. The van der Waals surface area contributed by atoms with Crippen LogP contribution in [-0.4, -0.2) is 24.4 Å². The fourth-order valence-corrected chi connectivity index (χ4v) is 4.18. The quantitative estimate of drug-likeness (QED) is 0.720. The van der Waals surface area contributed by atoms with Gasteiger partial charge >= 0.3 is 7.12 Å². The van der Waals surface area contributed by atoms with Gasteiger partial charge in [0.1, 0.15) is 11.9 Å². The van der Waals surface area contributed by atoms with Crippen LogP contribution in [0, 0.1) is 0 Å². The van der Waals surface area contributed by atoms with Gasteiger partial charge in [0.2, 0.25) is 0 Å². The Morgan fingerprint density at radius 1 is 0.857 bits per heavy atom. The van der Waals surface area contributed by atoms with Crippen molar-refractivity contribution in [2.75, 3.05) is 0 Å². The van der Waals surface area contributed by atoms with Crippen LogP contribution in [0.1, 0.15) is 39.2 Å². The molecule has 0 radical (unpaired) electrons. The lowest BCUT2D eigenvalue weighted by Crippen LogP contribution is -2.41.